The van der Waals surface area contributed by atoms with Gasteiger partial charge < -0.3 is 10.0 Å². The largest absolute Gasteiger partial charge is 0.390 e. The van der Waals surface area contributed by atoms with Crippen LogP contribution in [0, 0.1) is 11.3 Å². The van der Waals surface area contributed by atoms with E-state index >= 15 is 0 Å². The number of carbonyl (C=O) groups excluding carboxylic acids is 2. The highest BCUT2D eigenvalue weighted by Gasteiger charge is 2.52. The SMILES string of the molecule is N#Cc1ccc(N2C(=O)[C@@H]3[C@H](O)CCN3C2=O)cc1. The van der Waals surface area contributed by atoms with Crippen LogP contribution in [-0.4, -0.2) is 40.6 Å². The smallest absolute Gasteiger partial charge is 0.332 e. The minimum absolute atomic E-state index is 0.392. The molecular weight excluding hydrogens is 246 g/mol. The van der Waals surface area contributed by atoms with Crippen molar-refractivity contribution in [2.45, 2.75) is 18.6 Å². The van der Waals surface area contributed by atoms with Gasteiger partial charge in [0.25, 0.3) is 5.91 Å². The van der Waals surface area contributed by atoms with Crippen LogP contribution in [0.15, 0.2) is 24.3 Å². The summed E-state index contributed by atoms with van der Waals surface area (Å²) in [5.74, 6) is -0.403. The highest BCUT2D eigenvalue weighted by atomic mass is 16.3. The summed E-state index contributed by atoms with van der Waals surface area (Å²) in [7, 11) is 0. The summed E-state index contributed by atoms with van der Waals surface area (Å²) in [4.78, 5) is 26.8. The zero-order valence-electron chi connectivity index (χ0n) is 9.98. The van der Waals surface area contributed by atoms with Crippen molar-refractivity contribution < 1.29 is 14.7 Å². The average Bonchev–Trinajstić information content (AvgIpc) is 2.91. The minimum Gasteiger partial charge on any atom is -0.390 e. The lowest BCUT2D eigenvalue weighted by molar-refractivity contribution is -0.121. The van der Waals surface area contributed by atoms with E-state index in [4.69, 9.17) is 5.26 Å². The molecule has 1 aromatic carbocycles. The first-order chi connectivity index (χ1) is 9.13. The lowest BCUT2D eigenvalue weighted by Gasteiger charge is -2.15. The third-order valence-corrected chi connectivity index (χ3v) is 3.53. The van der Waals surface area contributed by atoms with Crippen molar-refractivity contribution in [3.63, 3.8) is 0 Å². The van der Waals surface area contributed by atoms with E-state index in [9.17, 15) is 14.7 Å². The zero-order chi connectivity index (χ0) is 13.6. The van der Waals surface area contributed by atoms with Crippen molar-refractivity contribution in [1.82, 2.24) is 4.90 Å². The Bertz CT molecular complexity index is 590. The molecule has 3 amide bonds. The van der Waals surface area contributed by atoms with Gasteiger partial charge in [0.05, 0.1) is 23.4 Å². The van der Waals surface area contributed by atoms with Gasteiger partial charge in [-0.3, -0.25) is 4.79 Å². The van der Waals surface area contributed by atoms with Gasteiger partial charge >= 0.3 is 6.03 Å². The molecule has 2 aliphatic rings. The second-order valence-electron chi connectivity index (χ2n) is 4.61. The lowest BCUT2D eigenvalue weighted by Crippen LogP contribution is -2.36. The summed E-state index contributed by atoms with van der Waals surface area (Å²) in [6, 6.07) is 7.03. The molecule has 3 rings (SSSR count). The topological polar surface area (TPSA) is 84.6 Å². The Labute approximate surface area is 109 Å². The first-order valence-corrected chi connectivity index (χ1v) is 5.96. The number of aliphatic hydroxyl groups excluding tert-OH is 1. The minimum atomic E-state index is -0.792. The fraction of sp³-hybridized carbons (Fsp3) is 0.308. The fourth-order valence-electron chi connectivity index (χ4n) is 2.57. The van der Waals surface area contributed by atoms with Gasteiger partial charge in [0, 0.05) is 6.54 Å². The van der Waals surface area contributed by atoms with E-state index < -0.39 is 24.1 Å². The van der Waals surface area contributed by atoms with E-state index in [1.165, 1.54) is 4.90 Å². The summed E-state index contributed by atoms with van der Waals surface area (Å²) in [5.41, 5.74) is 0.888. The van der Waals surface area contributed by atoms with Crippen LogP contribution < -0.4 is 4.90 Å². The van der Waals surface area contributed by atoms with Gasteiger partial charge in [0.2, 0.25) is 0 Å². The summed E-state index contributed by atoms with van der Waals surface area (Å²) in [6.45, 7) is 0.392. The summed E-state index contributed by atoms with van der Waals surface area (Å²) in [6.07, 6.45) is -0.358. The van der Waals surface area contributed by atoms with E-state index in [0.717, 1.165) is 4.90 Å². The molecule has 2 fully saturated rings. The first kappa shape index (κ1) is 11.7. The third kappa shape index (κ3) is 1.59. The van der Waals surface area contributed by atoms with Crippen LogP contribution in [-0.2, 0) is 4.79 Å². The molecule has 0 aliphatic carbocycles. The molecule has 1 N–H and O–H groups in total. The maximum absolute atomic E-state index is 12.2. The number of urea groups is 1. The molecule has 0 radical (unpaired) electrons. The molecule has 2 saturated heterocycles. The number of nitriles is 1. The number of hydrogen-bond acceptors (Lipinski definition) is 4. The highest BCUT2D eigenvalue weighted by Crippen LogP contribution is 2.31. The van der Waals surface area contributed by atoms with Gasteiger partial charge in [0.15, 0.2) is 0 Å². The van der Waals surface area contributed by atoms with Crippen molar-refractivity contribution in [3.05, 3.63) is 29.8 Å². The summed E-state index contributed by atoms with van der Waals surface area (Å²) < 4.78 is 0. The molecular formula is C13H11N3O3. The number of aliphatic hydroxyl groups is 1. The summed E-state index contributed by atoms with van der Waals surface area (Å²) in [5, 5.41) is 18.5. The predicted octanol–water partition coefficient (Wildman–Crippen LogP) is 0.460. The lowest BCUT2D eigenvalue weighted by atomic mass is 10.1. The number of carbonyl (C=O) groups is 2. The van der Waals surface area contributed by atoms with Crippen LogP contribution in [0.25, 0.3) is 0 Å². The fourth-order valence-corrected chi connectivity index (χ4v) is 2.57. The van der Waals surface area contributed by atoms with Gasteiger partial charge in [-0.05, 0) is 30.7 Å². The molecule has 2 aliphatic heterocycles. The Morgan fingerprint density at radius 1 is 1.26 bits per heavy atom. The van der Waals surface area contributed by atoms with Gasteiger partial charge in [0.1, 0.15) is 6.04 Å². The van der Waals surface area contributed by atoms with Crippen molar-refractivity contribution >= 4 is 17.6 Å². The third-order valence-electron chi connectivity index (χ3n) is 3.53. The highest BCUT2D eigenvalue weighted by molar-refractivity contribution is 6.21. The second-order valence-corrected chi connectivity index (χ2v) is 4.61. The molecule has 2 heterocycles. The van der Waals surface area contributed by atoms with Gasteiger partial charge in [-0.1, -0.05) is 0 Å². The molecule has 0 saturated carbocycles. The summed E-state index contributed by atoms with van der Waals surface area (Å²) >= 11 is 0. The molecule has 19 heavy (non-hydrogen) atoms. The Morgan fingerprint density at radius 3 is 2.53 bits per heavy atom. The molecule has 96 valence electrons. The number of fused-ring (bicyclic) bond motifs is 1. The van der Waals surface area contributed by atoms with Crippen molar-refractivity contribution in [2.24, 2.45) is 0 Å². The molecule has 0 spiro atoms. The normalized spacial score (nSPS) is 25.7. The Hall–Kier alpha value is -2.39. The molecule has 6 heteroatoms. The predicted molar refractivity (Wildman–Crippen MR) is 65.2 cm³/mol. The molecule has 2 atom stereocenters. The van der Waals surface area contributed by atoms with Crippen LogP contribution in [0.5, 0.6) is 0 Å². The number of rotatable bonds is 1. The van der Waals surface area contributed by atoms with Gasteiger partial charge in [-0.2, -0.15) is 5.26 Å². The Balaban J connectivity index is 1.95. The quantitative estimate of drug-likeness (QED) is 0.741. The van der Waals surface area contributed by atoms with Crippen LogP contribution >= 0.6 is 0 Å². The van der Waals surface area contributed by atoms with Crippen LogP contribution in [0.2, 0.25) is 0 Å². The monoisotopic (exact) mass is 257 g/mol. The van der Waals surface area contributed by atoms with Crippen molar-refractivity contribution in [2.75, 3.05) is 11.4 Å². The van der Waals surface area contributed by atoms with E-state index in [1.54, 1.807) is 24.3 Å². The van der Waals surface area contributed by atoms with E-state index in [-0.39, 0.29) is 0 Å². The Morgan fingerprint density at radius 2 is 1.95 bits per heavy atom. The molecule has 1 aromatic rings. The average molecular weight is 257 g/mol. The number of benzene rings is 1. The van der Waals surface area contributed by atoms with Crippen molar-refractivity contribution in [3.8, 4) is 6.07 Å². The standard InChI is InChI=1S/C13H11N3O3/c14-7-8-1-3-9(4-2-8)16-12(18)11-10(17)5-6-15(11)13(16)19/h1-4,10-11,17H,5-6H2/t10-,11+/m1/s1. The molecule has 0 aromatic heterocycles. The maximum Gasteiger partial charge on any atom is 0.332 e. The number of anilines is 1. The van der Waals surface area contributed by atoms with E-state index in [1.807, 2.05) is 6.07 Å². The molecule has 0 bridgehead atoms. The van der Waals surface area contributed by atoms with Crippen LogP contribution in [0.3, 0.4) is 0 Å². The van der Waals surface area contributed by atoms with E-state index in [2.05, 4.69) is 0 Å². The second kappa shape index (κ2) is 4.07. The number of hydrogen-bond donors (Lipinski definition) is 1. The number of imide groups is 1. The molecule has 0 unspecified atom stereocenters. The maximum atomic E-state index is 12.2. The molecule has 6 nitrogen and oxygen atoms in total. The number of amides is 3. The van der Waals surface area contributed by atoms with E-state index in [0.29, 0.717) is 24.2 Å². The van der Waals surface area contributed by atoms with Crippen LogP contribution in [0.1, 0.15) is 12.0 Å². The van der Waals surface area contributed by atoms with Gasteiger partial charge in [-0.15, -0.1) is 0 Å². The van der Waals surface area contributed by atoms with Crippen LogP contribution in [0.4, 0.5) is 10.5 Å². The first-order valence-electron chi connectivity index (χ1n) is 5.96. The van der Waals surface area contributed by atoms with Crippen molar-refractivity contribution in [1.29, 1.82) is 5.26 Å². The van der Waals surface area contributed by atoms with Gasteiger partial charge in [-0.25, -0.2) is 9.69 Å². The number of nitrogens with zero attached hydrogens (tertiary/aromatic N) is 3. The zero-order valence-corrected chi connectivity index (χ0v) is 9.98. The Kier molecular flexibility index (Phi) is 2.50.